The average Bonchev–Trinajstić information content (AvgIpc) is 2.62. The number of amides is 1. The molecule has 0 radical (unpaired) electrons. The Morgan fingerprint density at radius 3 is 2.87 bits per heavy atom. The summed E-state index contributed by atoms with van der Waals surface area (Å²) in [5.74, 6) is -0.283. The zero-order valence-electron chi connectivity index (χ0n) is 13.1. The number of piperazine rings is 1. The van der Waals surface area contributed by atoms with Crippen LogP contribution in [-0.4, -0.2) is 35.4 Å². The highest BCUT2D eigenvalue weighted by Crippen LogP contribution is 2.20. The van der Waals surface area contributed by atoms with Crippen LogP contribution in [0.2, 0.25) is 0 Å². The number of hydrogen-bond donors (Lipinski definition) is 1. The maximum absolute atomic E-state index is 13.1. The van der Waals surface area contributed by atoms with Gasteiger partial charge in [-0.05, 0) is 35.7 Å². The van der Waals surface area contributed by atoms with Crippen molar-refractivity contribution in [3.63, 3.8) is 0 Å². The van der Waals surface area contributed by atoms with E-state index in [0.717, 1.165) is 17.5 Å². The molecule has 3 rings (SSSR count). The molecule has 1 saturated heterocycles. The Balaban J connectivity index is 1.78. The molecule has 23 heavy (non-hydrogen) atoms. The fourth-order valence-corrected chi connectivity index (χ4v) is 2.92. The van der Waals surface area contributed by atoms with Crippen LogP contribution in [0.1, 0.15) is 34.6 Å². The smallest absolute Gasteiger partial charge is 0.272 e. The molecular weight excluding hydrogens is 293 g/mol. The summed E-state index contributed by atoms with van der Waals surface area (Å²) in [6.45, 7) is 3.94. The van der Waals surface area contributed by atoms with Gasteiger partial charge in [-0.15, -0.1) is 0 Å². The highest BCUT2D eigenvalue weighted by Gasteiger charge is 2.26. The number of carbonyl (C=O) groups excluding carboxylic acids is 1. The molecule has 0 spiro atoms. The van der Waals surface area contributed by atoms with E-state index in [2.05, 4.69) is 10.3 Å². The summed E-state index contributed by atoms with van der Waals surface area (Å²) in [6.07, 6.45) is 2.44. The molecule has 1 N–H and O–H groups in total. The second-order valence-corrected chi connectivity index (χ2v) is 5.67. The highest BCUT2D eigenvalue weighted by atomic mass is 19.1. The quantitative estimate of drug-likeness (QED) is 0.947. The Morgan fingerprint density at radius 1 is 1.35 bits per heavy atom. The number of aromatic nitrogens is 1. The number of rotatable bonds is 3. The lowest BCUT2D eigenvalue weighted by molar-refractivity contribution is 0.0695. The molecule has 1 aromatic carbocycles. The Morgan fingerprint density at radius 2 is 2.13 bits per heavy atom. The van der Waals surface area contributed by atoms with Crippen molar-refractivity contribution in [1.29, 1.82) is 0 Å². The molecule has 2 aromatic rings. The molecule has 120 valence electrons. The monoisotopic (exact) mass is 313 g/mol. The van der Waals surface area contributed by atoms with Gasteiger partial charge in [0.05, 0.1) is 0 Å². The number of nitrogens with one attached hydrogen (secondary N) is 1. The van der Waals surface area contributed by atoms with Crippen LogP contribution in [0.25, 0.3) is 0 Å². The van der Waals surface area contributed by atoms with E-state index >= 15 is 0 Å². The first-order valence-corrected chi connectivity index (χ1v) is 7.91. The highest BCUT2D eigenvalue weighted by molar-refractivity contribution is 5.93. The number of pyridine rings is 1. The predicted octanol–water partition coefficient (Wildman–Crippen LogP) is 2.57. The third-order valence-corrected chi connectivity index (χ3v) is 4.21. The Kier molecular flexibility index (Phi) is 4.67. The molecule has 1 fully saturated rings. The fraction of sp³-hybridized carbons (Fsp3) is 0.333. The van der Waals surface area contributed by atoms with Crippen molar-refractivity contribution in [3.8, 4) is 0 Å². The third kappa shape index (κ3) is 3.40. The van der Waals surface area contributed by atoms with Crippen LogP contribution >= 0.6 is 0 Å². The zero-order valence-corrected chi connectivity index (χ0v) is 13.1. The van der Waals surface area contributed by atoms with Gasteiger partial charge in [0, 0.05) is 31.9 Å². The molecule has 1 aliphatic rings. The summed E-state index contributed by atoms with van der Waals surface area (Å²) in [6, 6.07) is 10.2. The van der Waals surface area contributed by atoms with Crippen LogP contribution in [-0.2, 0) is 6.42 Å². The summed E-state index contributed by atoms with van der Waals surface area (Å²) < 4.78 is 13.1. The standard InChI is InChI=1S/C18H20FN3O/c1-2-13-4-3-9-21-17(13)18(23)22-11-10-20-16(12-22)14-5-7-15(19)8-6-14/h3-9,16,20H,2,10-12H2,1H3. The average molecular weight is 313 g/mol. The topological polar surface area (TPSA) is 45.2 Å². The number of carbonyl (C=O) groups is 1. The number of hydrogen-bond acceptors (Lipinski definition) is 3. The van der Waals surface area contributed by atoms with Crippen molar-refractivity contribution >= 4 is 5.91 Å². The van der Waals surface area contributed by atoms with Crippen molar-refractivity contribution in [1.82, 2.24) is 15.2 Å². The van der Waals surface area contributed by atoms with Crippen LogP contribution in [0.4, 0.5) is 4.39 Å². The van der Waals surface area contributed by atoms with Gasteiger partial charge in [0.25, 0.3) is 5.91 Å². The van der Waals surface area contributed by atoms with Gasteiger partial charge < -0.3 is 10.2 Å². The number of halogens is 1. The normalized spacial score (nSPS) is 18.0. The van der Waals surface area contributed by atoms with E-state index in [0.29, 0.717) is 25.3 Å². The van der Waals surface area contributed by atoms with E-state index in [9.17, 15) is 9.18 Å². The van der Waals surface area contributed by atoms with Gasteiger partial charge in [0.1, 0.15) is 11.5 Å². The predicted molar refractivity (Wildman–Crippen MR) is 86.7 cm³/mol. The van der Waals surface area contributed by atoms with Gasteiger partial charge in [-0.3, -0.25) is 9.78 Å². The van der Waals surface area contributed by atoms with Gasteiger partial charge in [-0.2, -0.15) is 0 Å². The summed E-state index contributed by atoms with van der Waals surface area (Å²) in [7, 11) is 0. The summed E-state index contributed by atoms with van der Waals surface area (Å²) in [5, 5.41) is 3.38. The van der Waals surface area contributed by atoms with Crippen LogP contribution in [0, 0.1) is 5.82 Å². The van der Waals surface area contributed by atoms with Crippen molar-refractivity contribution in [2.24, 2.45) is 0 Å². The molecule has 4 nitrogen and oxygen atoms in total. The van der Waals surface area contributed by atoms with Crippen LogP contribution in [0.3, 0.4) is 0 Å². The lowest BCUT2D eigenvalue weighted by Crippen LogP contribution is -2.48. The van der Waals surface area contributed by atoms with Gasteiger partial charge in [-0.1, -0.05) is 25.1 Å². The van der Waals surface area contributed by atoms with E-state index in [1.807, 2.05) is 24.0 Å². The lowest BCUT2D eigenvalue weighted by Gasteiger charge is -2.34. The van der Waals surface area contributed by atoms with E-state index in [1.54, 1.807) is 18.3 Å². The second-order valence-electron chi connectivity index (χ2n) is 5.67. The molecule has 1 amide bonds. The van der Waals surface area contributed by atoms with Crippen LogP contribution in [0.15, 0.2) is 42.6 Å². The molecular formula is C18H20FN3O. The molecule has 5 heteroatoms. The lowest BCUT2D eigenvalue weighted by atomic mass is 10.0. The molecule has 2 heterocycles. The van der Waals surface area contributed by atoms with Gasteiger partial charge >= 0.3 is 0 Å². The SMILES string of the molecule is CCc1cccnc1C(=O)N1CCNC(c2ccc(F)cc2)C1. The minimum Gasteiger partial charge on any atom is -0.334 e. The molecule has 0 bridgehead atoms. The summed E-state index contributed by atoms with van der Waals surface area (Å²) in [5.41, 5.74) is 2.49. The first-order chi connectivity index (χ1) is 11.2. The van der Waals surface area contributed by atoms with E-state index in [4.69, 9.17) is 0 Å². The van der Waals surface area contributed by atoms with Crippen molar-refractivity contribution < 1.29 is 9.18 Å². The number of aryl methyl sites for hydroxylation is 1. The largest absolute Gasteiger partial charge is 0.334 e. The Hall–Kier alpha value is -2.27. The van der Waals surface area contributed by atoms with Gasteiger partial charge in [0.2, 0.25) is 0 Å². The van der Waals surface area contributed by atoms with Crippen molar-refractivity contribution in [2.75, 3.05) is 19.6 Å². The number of benzene rings is 1. The summed E-state index contributed by atoms with van der Waals surface area (Å²) in [4.78, 5) is 18.9. The first-order valence-electron chi connectivity index (χ1n) is 7.91. The Labute approximate surface area is 135 Å². The minimum absolute atomic E-state index is 0.0158. The first kappa shape index (κ1) is 15.6. The molecule has 1 aromatic heterocycles. The molecule has 1 aliphatic heterocycles. The van der Waals surface area contributed by atoms with E-state index in [1.165, 1.54) is 12.1 Å². The molecule has 1 atom stereocenters. The third-order valence-electron chi connectivity index (χ3n) is 4.21. The second kappa shape index (κ2) is 6.87. The van der Waals surface area contributed by atoms with Gasteiger partial charge in [0.15, 0.2) is 0 Å². The minimum atomic E-state index is -0.251. The maximum atomic E-state index is 13.1. The molecule has 1 unspecified atom stereocenters. The van der Waals surface area contributed by atoms with E-state index in [-0.39, 0.29) is 17.8 Å². The van der Waals surface area contributed by atoms with Crippen LogP contribution in [0.5, 0.6) is 0 Å². The molecule has 0 aliphatic carbocycles. The maximum Gasteiger partial charge on any atom is 0.272 e. The number of nitrogens with zero attached hydrogens (tertiary/aromatic N) is 2. The molecule has 0 saturated carbocycles. The summed E-state index contributed by atoms with van der Waals surface area (Å²) >= 11 is 0. The van der Waals surface area contributed by atoms with E-state index < -0.39 is 0 Å². The van der Waals surface area contributed by atoms with Crippen molar-refractivity contribution in [2.45, 2.75) is 19.4 Å². The van der Waals surface area contributed by atoms with Crippen LogP contribution < -0.4 is 5.32 Å². The Bertz CT molecular complexity index is 687. The zero-order chi connectivity index (χ0) is 16.2. The van der Waals surface area contributed by atoms with Gasteiger partial charge in [-0.25, -0.2) is 4.39 Å². The van der Waals surface area contributed by atoms with Crippen molar-refractivity contribution in [3.05, 3.63) is 65.2 Å². The fourth-order valence-electron chi connectivity index (χ4n) is 2.92.